The van der Waals surface area contributed by atoms with E-state index in [1.165, 1.54) is 6.07 Å². The third-order valence-electron chi connectivity index (χ3n) is 7.68. The fourth-order valence-corrected chi connectivity index (χ4v) is 10.5. The van der Waals surface area contributed by atoms with Crippen LogP contribution in [-0.4, -0.2) is 57.1 Å². The normalized spacial score (nSPS) is 18.0. The van der Waals surface area contributed by atoms with Crippen molar-refractivity contribution in [2.75, 3.05) is 24.6 Å². The fraction of sp³-hybridized carbons (Fsp3) is 0.394. The van der Waals surface area contributed by atoms with Crippen molar-refractivity contribution < 1.29 is 32.7 Å². The van der Waals surface area contributed by atoms with Gasteiger partial charge >= 0.3 is 5.97 Å². The van der Waals surface area contributed by atoms with Crippen LogP contribution in [0.2, 0.25) is 5.04 Å². The van der Waals surface area contributed by atoms with Gasteiger partial charge in [0.15, 0.2) is 17.3 Å². The first-order chi connectivity index (χ1) is 20.4. The molecule has 0 bridgehead atoms. The number of rotatable bonds is 9. The molecule has 2 atom stereocenters. The second-order valence-corrected chi connectivity index (χ2v) is 16.1. The molecule has 7 nitrogen and oxygen atoms in total. The van der Waals surface area contributed by atoms with Gasteiger partial charge in [-0.3, -0.25) is 0 Å². The molecule has 1 aliphatic rings. The van der Waals surface area contributed by atoms with Crippen molar-refractivity contribution in [2.24, 2.45) is 5.16 Å². The number of morpholine rings is 1. The van der Waals surface area contributed by atoms with Crippen LogP contribution in [0.25, 0.3) is 0 Å². The molecule has 1 fully saturated rings. The van der Waals surface area contributed by atoms with Gasteiger partial charge in [0.25, 0.3) is 8.32 Å². The topological polar surface area (TPSA) is 80.6 Å². The molecule has 0 unspecified atom stereocenters. The van der Waals surface area contributed by atoms with Gasteiger partial charge in [-0.25, -0.2) is 13.6 Å². The van der Waals surface area contributed by atoms with Gasteiger partial charge < -0.3 is 24.0 Å². The summed E-state index contributed by atoms with van der Waals surface area (Å²) in [4.78, 5) is 14.3. The summed E-state index contributed by atoms with van der Waals surface area (Å²) < 4.78 is 49.9. The van der Waals surface area contributed by atoms with Gasteiger partial charge in [-0.05, 0) is 42.2 Å². The summed E-state index contributed by atoms with van der Waals surface area (Å²) in [7, 11) is -3.08. The lowest BCUT2D eigenvalue weighted by Gasteiger charge is -2.43. The molecule has 230 valence electrons. The van der Waals surface area contributed by atoms with Crippen molar-refractivity contribution >= 4 is 36.1 Å². The third kappa shape index (κ3) is 6.51. The Morgan fingerprint density at radius 3 is 2.00 bits per heavy atom. The molecule has 0 saturated carbocycles. The lowest BCUT2D eigenvalue weighted by atomic mass is 10.0. The van der Waals surface area contributed by atoms with Crippen molar-refractivity contribution in [1.82, 2.24) is 0 Å². The highest BCUT2D eigenvalue weighted by Crippen LogP contribution is 2.39. The van der Waals surface area contributed by atoms with E-state index in [0.717, 1.165) is 10.4 Å². The van der Waals surface area contributed by atoms with Crippen LogP contribution >= 0.6 is 0 Å². The van der Waals surface area contributed by atoms with Crippen LogP contribution in [0.1, 0.15) is 52.7 Å². The molecule has 10 heteroatoms. The van der Waals surface area contributed by atoms with Crippen molar-refractivity contribution in [1.29, 1.82) is 0 Å². The van der Waals surface area contributed by atoms with Crippen LogP contribution in [0.15, 0.2) is 71.9 Å². The standard InChI is InChI=1S/C33H40F2N2O5Si/c1-7-40-32(38)30(36-39)27-18-24(31(29(35)28(27)34)37-19-22(2)42-23(3)20-37)21-41-43(33(4,5)6,25-14-10-8-11-15-25)26-16-12-9-13-17-26/h8-18,22-23,39H,7,19-21H2,1-6H3/b36-30-/t22-,23-/m1/s1. The smallest absolute Gasteiger partial charge is 0.361 e. The van der Waals surface area contributed by atoms with Gasteiger partial charge in [0, 0.05) is 18.7 Å². The minimum atomic E-state index is -3.08. The summed E-state index contributed by atoms with van der Waals surface area (Å²) in [6, 6.07) is 21.3. The van der Waals surface area contributed by atoms with E-state index in [9.17, 15) is 10.0 Å². The van der Waals surface area contributed by atoms with Crippen LogP contribution in [-0.2, 0) is 25.3 Å². The Labute approximate surface area is 253 Å². The maximum absolute atomic E-state index is 16.2. The zero-order valence-corrected chi connectivity index (χ0v) is 26.6. The van der Waals surface area contributed by atoms with E-state index in [2.05, 4.69) is 25.9 Å². The molecule has 0 amide bonds. The highest BCUT2D eigenvalue weighted by atomic mass is 28.4. The largest absolute Gasteiger partial charge is 0.461 e. The van der Waals surface area contributed by atoms with E-state index in [1.807, 2.05) is 74.5 Å². The van der Waals surface area contributed by atoms with Crippen LogP contribution in [0, 0.1) is 11.6 Å². The molecule has 0 aromatic heterocycles. The number of nitrogens with zero attached hydrogens (tertiary/aromatic N) is 2. The molecule has 1 N–H and O–H groups in total. The second kappa shape index (κ2) is 13.4. The number of hydrogen-bond acceptors (Lipinski definition) is 7. The average molecular weight is 611 g/mol. The Hall–Kier alpha value is -3.60. The fourth-order valence-electron chi connectivity index (χ4n) is 6.01. The molecule has 1 heterocycles. The van der Waals surface area contributed by atoms with Crippen molar-refractivity contribution in [3.63, 3.8) is 0 Å². The lowest BCUT2D eigenvalue weighted by Crippen LogP contribution is -2.66. The molecule has 3 aromatic rings. The first-order valence-electron chi connectivity index (χ1n) is 14.5. The molecule has 3 aromatic carbocycles. The maximum Gasteiger partial charge on any atom is 0.361 e. The van der Waals surface area contributed by atoms with E-state index < -0.39 is 37.2 Å². The van der Waals surface area contributed by atoms with Gasteiger partial charge in [-0.1, -0.05) is 86.6 Å². The summed E-state index contributed by atoms with van der Waals surface area (Å²) in [5.41, 5.74) is -0.881. The van der Waals surface area contributed by atoms with Gasteiger partial charge in [0.05, 0.1) is 36.7 Å². The number of oxime groups is 1. The lowest BCUT2D eigenvalue weighted by molar-refractivity contribution is -0.135. The Balaban J connectivity index is 1.93. The molecule has 0 radical (unpaired) electrons. The highest BCUT2D eigenvalue weighted by molar-refractivity contribution is 6.99. The monoisotopic (exact) mass is 610 g/mol. The third-order valence-corrected chi connectivity index (χ3v) is 12.7. The predicted octanol–water partition coefficient (Wildman–Crippen LogP) is 5.40. The van der Waals surface area contributed by atoms with Gasteiger partial charge in [-0.2, -0.15) is 0 Å². The zero-order chi connectivity index (χ0) is 31.4. The van der Waals surface area contributed by atoms with Crippen LogP contribution in [0.3, 0.4) is 0 Å². The van der Waals surface area contributed by atoms with Gasteiger partial charge in [0.2, 0.25) is 0 Å². The van der Waals surface area contributed by atoms with E-state index in [-0.39, 0.29) is 36.1 Å². The summed E-state index contributed by atoms with van der Waals surface area (Å²) in [5.74, 6) is -3.54. The number of esters is 1. The van der Waals surface area contributed by atoms with Crippen LogP contribution in [0.5, 0.6) is 0 Å². The first kappa shape index (κ1) is 32.3. The quantitative estimate of drug-likeness (QED) is 0.115. The average Bonchev–Trinajstić information content (AvgIpc) is 2.96. The van der Waals surface area contributed by atoms with E-state index in [0.29, 0.717) is 18.7 Å². The van der Waals surface area contributed by atoms with E-state index in [1.54, 1.807) is 11.8 Å². The number of ether oxygens (including phenoxy) is 2. The number of halogens is 2. The molecule has 0 spiro atoms. The van der Waals surface area contributed by atoms with Crippen molar-refractivity contribution in [3.8, 4) is 0 Å². The van der Waals surface area contributed by atoms with Crippen LogP contribution in [0.4, 0.5) is 14.5 Å². The van der Waals surface area contributed by atoms with E-state index >= 15 is 8.78 Å². The minimum absolute atomic E-state index is 0.0299. The summed E-state index contributed by atoms with van der Waals surface area (Å²) in [6.07, 6.45) is -0.462. The maximum atomic E-state index is 16.2. The highest BCUT2D eigenvalue weighted by Gasteiger charge is 2.50. The molecular weight excluding hydrogens is 570 g/mol. The van der Waals surface area contributed by atoms with Crippen molar-refractivity contribution in [3.05, 3.63) is 89.5 Å². The first-order valence-corrected chi connectivity index (χ1v) is 16.4. The zero-order valence-electron chi connectivity index (χ0n) is 25.6. The summed E-state index contributed by atoms with van der Waals surface area (Å²) in [5, 5.41) is 14.4. The number of benzene rings is 3. The Morgan fingerprint density at radius 1 is 1.00 bits per heavy atom. The number of hydrogen-bond donors (Lipinski definition) is 1. The minimum Gasteiger partial charge on any atom is -0.461 e. The summed E-state index contributed by atoms with van der Waals surface area (Å²) in [6.45, 7) is 12.2. The molecule has 1 saturated heterocycles. The van der Waals surface area contributed by atoms with Crippen molar-refractivity contribution in [2.45, 2.75) is 65.4 Å². The molecular formula is C33H40F2N2O5Si. The molecule has 4 rings (SSSR count). The Morgan fingerprint density at radius 2 is 1.53 bits per heavy atom. The Kier molecular flexibility index (Phi) is 10.0. The molecule has 43 heavy (non-hydrogen) atoms. The van der Waals surface area contributed by atoms with E-state index in [4.69, 9.17) is 13.9 Å². The Bertz CT molecular complexity index is 1400. The number of carbonyl (C=O) groups excluding carboxylic acids is 1. The second-order valence-electron chi connectivity index (χ2n) is 11.8. The van der Waals surface area contributed by atoms with Crippen LogP contribution < -0.4 is 15.3 Å². The van der Waals surface area contributed by atoms with Gasteiger partial charge in [0.1, 0.15) is 0 Å². The van der Waals surface area contributed by atoms with Gasteiger partial charge in [-0.15, -0.1) is 0 Å². The SMILES string of the molecule is CCOC(=O)/C(=N\O)c1cc(CO[Si](c2ccccc2)(c2ccccc2)C(C)(C)C)c(N2C[C@@H](C)O[C@H](C)C2)c(F)c1F. The predicted molar refractivity (Wildman–Crippen MR) is 166 cm³/mol. The number of carbonyl (C=O) groups is 1. The molecule has 0 aliphatic carbocycles. The molecule has 1 aliphatic heterocycles. The number of anilines is 1. The summed E-state index contributed by atoms with van der Waals surface area (Å²) >= 11 is 0.